The lowest BCUT2D eigenvalue weighted by Gasteiger charge is -2.20. The van der Waals surface area contributed by atoms with Gasteiger partial charge in [0.1, 0.15) is 6.04 Å². The molecule has 0 unspecified atom stereocenters. The van der Waals surface area contributed by atoms with E-state index in [1.54, 1.807) is 11.2 Å². The highest BCUT2D eigenvalue weighted by Gasteiger charge is 2.33. The van der Waals surface area contributed by atoms with Crippen molar-refractivity contribution in [1.29, 1.82) is 0 Å². The number of carbonyl (C=O) groups is 1. The first kappa shape index (κ1) is 14.6. The summed E-state index contributed by atoms with van der Waals surface area (Å²) in [5, 5.41) is 6.09. The number of aromatic amines is 1. The number of aromatic nitrogens is 3. The molecular formula is C18H17N5O. The third-order valence-electron chi connectivity index (χ3n) is 4.19. The fourth-order valence-corrected chi connectivity index (χ4v) is 2.94. The van der Waals surface area contributed by atoms with E-state index in [1.807, 2.05) is 49.5 Å². The van der Waals surface area contributed by atoms with Gasteiger partial charge >= 0.3 is 0 Å². The summed E-state index contributed by atoms with van der Waals surface area (Å²) in [7, 11) is 0. The van der Waals surface area contributed by atoms with E-state index in [0.29, 0.717) is 12.8 Å². The molecule has 3 aromatic rings. The first-order valence-electron chi connectivity index (χ1n) is 8.01. The van der Waals surface area contributed by atoms with Gasteiger partial charge in [-0.05, 0) is 24.3 Å². The maximum absolute atomic E-state index is 12.3. The van der Waals surface area contributed by atoms with Gasteiger partial charge in [-0.2, -0.15) is 5.10 Å². The maximum atomic E-state index is 12.3. The zero-order valence-corrected chi connectivity index (χ0v) is 13.3. The van der Waals surface area contributed by atoms with E-state index in [1.165, 1.54) is 0 Å². The van der Waals surface area contributed by atoms with E-state index in [0.717, 1.165) is 28.1 Å². The number of H-pyrrole nitrogens is 1. The molecule has 0 fully saturated rings. The molecule has 1 aliphatic rings. The van der Waals surface area contributed by atoms with Gasteiger partial charge in [0.15, 0.2) is 0 Å². The second kappa shape index (κ2) is 5.88. The number of benzene rings is 1. The Morgan fingerprint density at radius 2 is 2.08 bits per heavy atom. The van der Waals surface area contributed by atoms with Crippen LogP contribution in [-0.4, -0.2) is 31.6 Å². The van der Waals surface area contributed by atoms with Crippen molar-refractivity contribution < 1.29 is 4.79 Å². The van der Waals surface area contributed by atoms with Crippen LogP contribution >= 0.6 is 0 Å². The molecule has 6 heteroatoms. The average Bonchev–Trinajstić information content (AvgIpc) is 3.30. The lowest BCUT2D eigenvalue weighted by Crippen LogP contribution is -2.26. The zero-order chi connectivity index (χ0) is 16.5. The van der Waals surface area contributed by atoms with Gasteiger partial charge in [-0.1, -0.05) is 19.1 Å². The maximum Gasteiger partial charge on any atom is 0.243 e. The fraction of sp³-hybridized carbons (Fsp3) is 0.222. The summed E-state index contributed by atoms with van der Waals surface area (Å²) in [5.41, 5.74) is 4.23. The highest BCUT2D eigenvalue weighted by molar-refractivity contribution is 6.01. The topological polar surface area (TPSA) is 74.2 Å². The number of hydrogen-bond acceptors (Lipinski definition) is 4. The van der Waals surface area contributed by atoms with Crippen molar-refractivity contribution in [2.45, 2.75) is 25.8 Å². The number of carbonyl (C=O) groups excluding carboxylic acids is 1. The Morgan fingerprint density at radius 3 is 2.83 bits per heavy atom. The van der Waals surface area contributed by atoms with Gasteiger partial charge in [-0.3, -0.25) is 9.78 Å². The molecule has 6 nitrogen and oxygen atoms in total. The van der Waals surface area contributed by atoms with Gasteiger partial charge in [-0.25, -0.2) is 9.99 Å². The normalized spacial score (nSPS) is 17.3. The molecule has 0 aliphatic carbocycles. The summed E-state index contributed by atoms with van der Waals surface area (Å²) in [6.45, 7) is 1.84. The minimum atomic E-state index is -0.215. The lowest BCUT2D eigenvalue weighted by atomic mass is 10.1. The third kappa shape index (κ3) is 2.46. The van der Waals surface area contributed by atoms with Crippen LogP contribution in [0.5, 0.6) is 0 Å². The van der Waals surface area contributed by atoms with Crippen molar-refractivity contribution in [2.75, 3.05) is 0 Å². The monoisotopic (exact) mass is 319 g/mol. The minimum Gasteiger partial charge on any atom is -0.360 e. The molecule has 0 bridgehead atoms. The highest BCUT2D eigenvalue weighted by atomic mass is 16.2. The molecule has 120 valence electrons. The van der Waals surface area contributed by atoms with Crippen molar-refractivity contribution in [2.24, 2.45) is 5.10 Å². The summed E-state index contributed by atoms with van der Waals surface area (Å²) in [6, 6.07) is 11.4. The van der Waals surface area contributed by atoms with Crippen molar-refractivity contribution in [3.05, 3.63) is 60.2 Å². The second-order valence-electron chi connectivity index (χ2n) is 5.73. The largest absolute Gasteiger partial charge is 0.360 e. The molecule has 1 aromatic carbocycles. The van der Waals surface area contributed by atoms with Crippen LogP contribution in [0, 0.1) is 0 Å². The number of fused-ring (bicyclic) bond motifs is 1. The molecule has 0 spiro atoms. The number of nitrogens with one attached hydrogen (secondary N) is 1. The molecule has 1 aliphatic heterocycles. The molecule has 0 saturated carbocycles. The van der Waals surface area contributed by atoms with Crippen LogP contribution in [0.4, 0.5) is 0 Å². The van der Waals surface area contributed by atoms with E-state index < -0.39 is 0 Å². The first-order valence-corrected chi connectivity index (χ1v) is 8.01. The van der Waals surface area contributed by atoms with Crippen LogP contribution in [0.2, 0.25) is 0 Å². The van der Waals surface area contributed by atoms with Crippen molar-refractivity contribution in [3.63, 3.8) is 0 Å². The van der Waals surface area contributed by atoms with Gasteiger partial charge < -0.3 is 4.98 Å². The molecule has 4 rings (SSSR count). The van der Waals surface area contributed by atoms with Crippen molar-refractivity contribution in [1.82, 2.24) is 20.0 Å². The molecule has 0 radical (unpaired) electrons. The van der Waals surface area contributed by atoms with Crippen LogP contribution in [0.1, 0.15) is 37.2 Å². The Kier molecular flexibility index (Phi) is 3.57. The summed E-state index contributed by atoms with van der Waals surface area (Å²) in [6.07, 6.45) is 4.63. The smallest absolute Gasteiger partial charge is 0.243 e. The number of hydrogen-bond donors (Lipinski definition) is 1. The molecule has 24 heavy (non-hydrogen) atoms. The number of amides is 1. The fourth-order valence-electron chi connectivity index (χ4n) is 2.94. The Balaban J connectivity index is 1.73. The van der Waals surface area contributed by atoms with Gasteiger partial charge in [0.05, 0.1) is 34.3 Å². The minimum absolute atomic E-state index is 0.0171. The molecule has 0 saturated heterocycles. The number of nitrogens with zero attached hydrogens (tertiary/aromatic N) is 4. The quantitative estimate of drug-likeness (QED) is 0.806. The van der Waals surface area contributed by atoms with E-state index in [2.05, 4.69) is 15.1 Å². The van der Waals surface area contributed by atoms with E-state index in [-0.39, 0.29) is 11.9 Å². The number of para-hydroxylation sites is 2. The number of rotatable bonds is 3. The van der Waals surface area contributed by atoms with Gasteiger partial charge in [0.2, 0.25) is 5.91 Å². The molecule has 3 heterocycles. The van der Waals surface area contributed by atoms with Crippen molar-refractivity contribution >= 4 is 22.7 Å². The van der Waals surface area contributed by atoms with Gasteiger partial charge in [-0.15, -0.1) is 0 Å². The third-order valence-corrected chi connectivity index (χ3v) is 4.19. The molecule has 2 aromatic heterocycles. The van der Waals surface area contributed by atoms with E-state index >= 15 is 0 Å². The summed E-state index contributed by atoms with van der Waals surface area (Å²) in [4.78, 5) is 24.7. The van der Waals surface area contributed by atoms with Gasteiger partial charge in [0.25, 0.3) is 0 Å². The van der Waals surface area contributed by atoms with Gasteiger partial charge in [0, 0.05) is 19.0 Å². The van der Waals surface area contributed by atoms with Crippen LogP contribution in [-0.2, 0) is 4.79 Å². The lowest BCUT2D eigenvalue weighted by molar-refractivity contribution is -0.132. The van der Waals surface area contributed by atoms with Crippen LogP contribution in [0.3, 0.4) is 0 Å². The zero-order valence-electron chi connectivity index (χ0n) is 13.3. The molecule has 1 atom stereocenters. The van der Waals surface area contributed by atoms with Crippen molar-refractivity contribution in [3.8, 4) is 0 Å². The molecular weight excluding hydrogens is 302 g/mol. The molecule has 1 N–H and O–H groups in total. The summed E-state index contributed by atoms with van der Waals surface area (Å²) >= 11 is 0. The second-order valence-corrected chi connectivity index (χ2v) is 5.73. The Morgan fingerprint density at radius 1 is 1.25 bits per heavy atom. The van der Waals surface area contributed by atoms with E-state index in [4.69, 9.17) is 4.98 Å². The number of hydrazone groups is 1. The highest BCUT2D eigenvalue weighted by Crippen LogP contribution is 2.32. The Hall–Kier alpha value is -3.02. The first-order chi connectivity index (χ1) is 11.8. The van der Waals surface area contributed by atoms with E-state index in [9.17, 15) is 4.79 Å². The Bertz CT molecular complexity index is 916. The summed E-state index contributed by atoms with van der Waals surface area (Å²) < 4.78 is 0. The van der Waals surface area contributed by atoms with Crippen LogP contribution in [0.15, 0.2) is 53.9 Å². The standard InChI is InChI=1S/C18H17N5O/c1-2-18(24)23-17(10-15(22-23)13-8-5-9-19-13)16-11-20-12-6-3-4-7-14(12)21-16/h3-9,11,17,19H,2,10H2,1H3/t17-/m1/s1. The summed E-state index contributed by atoms with van der Waals surface area (Å²) in [5.74, 6) is -0.0171. The predicted octanol–water partition coefficient (Wildman–Crippen LogP) is 3.05. The van der Waals surface area contributed by atoms with Crippen LogP contribution in [0.25, 0.3) is 11.0 Å². The Labute approximate surface area is 139 Å². The van der Waals surface area contributed by atoms with Crippen LogP contribution < -0.4 is 0 Å². The molecule has 1 amide bonds. The SMILES string of the molecule is CCC(=O)N1N=C(c2ccc[nH]2)C[C@@H]1c1cnc2ccccc2n1. The predicted molar refractivity (Wildman–Crippen MR) is 91.4 cm³/mol. The average molecular weight is 319 g/mol.